The average molecular weight is 249 g/mol. The van der Waals surface area contributed by atoms with E-state index in [1.807, 2.05) is 12.1 Å². The Morgan fingerprint density at radius 2 is 1.94 bits per heavy atom. The van der Waals surface area contributed by atoms with E-state index in [1.54, 1.807) is 7.11 Å². The summed E-state index contributed by atoms with van der Waals surface area (Å²) in [4.78, 5) is 0. The highest BCUT2D eigenvalue weighted by atomic mass is 16.5. The van der Waals surface area contributed by atoms with Crippen LogP contribution in [0.15, 0.2) is 24.3 Å². The molecule has 3 unspecified atom stereocenters. The van der Waals surface area contributed by atoms with Crippen LogP contribution in [0, 0.1) is 5.92 Å². The van der Waals surface area contributed by atoms with Crippen LogP contribution in [-0.2, 0) is 0 Å². The number of benzene rings is 1. The molecule has 0 radical (unpaired) electrons. The molecule has 1 fully saturated rings. The van der Waals surface area contributed by atoms with Crippen LogP contribution in [0.25, 0.3) is 0 Å². The predicted octanol–water partition coefficient (Wildman–Crippen LogP) is 1.46. The van der Waals surface area contributed by atoms with Crippen LogP contribution in [0.2, 0.25) is 0 Å². The number of hydrogen-bond donors (Lipinski definition) is 3. The lowest BCUT2D eigenvalue weighted by Gasteiger charge is -2.19. The van der Waals surface area contributed by atoms with Crippen molar-refractivity contribution in [3.63, 3.8) is 0 Å². The molecule has 100 valence electrons. The molecule has 1 saturated heterocycles. The molecule has 4 heteroatoms. The third kappa shape index (κ3) is 2.83. The minimum atomic E-state index is 0.361. The molecule has 0 bridgehead atoms. The van der Waals surface area contributed by atoms with E-state index in [0.29, 0.717) is 18.0 Å². The highest BCUT2D eigenvalue weighted by molar-refractivity contribution is 5.30. The highest BCUT2D eigenvalue weighted by Crippen LogP contribution is 2.29. The maximum absolute atomic E-state index is 5.19. The molecule has 1 aliphatic rings. The van der Waals surface area contributed by atoms with Gasteiger partial charge in [-0.2, -0.15) is 0 Å². The van der Waals surface area contributed by atoms with Crippen LogP contribution in [-0.4, -0.2) is 26.2 Å². The normalized spacial score (nSPS) is 27.4. The van der Waals surface area contributed by atoms with Crippen molar-refractivity contribution < 1.29 is 4.74 Å². The molecule has 0 amide bonds. The van der Waals surface area contributed by atoms with Crippen molar-refractivity contribution in [3.05, 3.63) is 29.8 Å². The molecular formula is C14H23N3O. The molecule has 1 aromatic carbocycles. The zero-order valence-electron chi connectivity index (χ0n) is 11.4. The number of hydrazine groups is 1. The number of rotatable bonds is 5. The summed E-state index contributed by atoms with van der Waals surface area (Å²) in [6.45, 7) is 6.42. The first-order chi connectivity index (χ1) is 8.76. The zero-order chi connectivity index (χ0) is 13.0. The van der Waals surface area contributed by atoms with Crippen molar-refractivity contribution in [1.82, 2.24) is 16.2 Å². The molecule has 3 N–H and O–H groups in total. The molecule has 1 aliphatic heterocycles. The Hall–Kier alpha value is -1.10. The zero-order valence-corrected chi connectivity index (χ0v) is 11.4. The Morgan fingerprint density at radius 1 is 1.22 bits per heavy atom. The third-order valence-electron chi connectivity index (χ3n) is 3.67. The van der Waals surface area contributed by atoms with Crippen LogP contribution in [0.3, 0.4) is 0 Å². The Bertz CT molecular complexity index is 366. The summed E-state index contributed by atoms with van der Waals surface area (Å²) in [6, 6.07) is 9.12. The number of hydrogen-bond acceptors (Lipinski definition) is 4. The molecule has 18 heavy (non-hydrogen) atoms. The smallest absolute Gasteiger partial charge is 0.118 e. The summed E-state index contributed by atoms with van der Waals surface area (Å²) in [5.74, 6) is 1.46. The predicted molar refractivity (Wildman–Crippen MR) is 73.5 cm³/mol. The monoisotopic (exact) mass is 249 g/mol. The number of methoxy groups -OCH3 is 1. The van der Waals surface area contributed by atoms with Gasteiger partial charge in [0.1, 0.15) is 5.75 Å². The maximum atomic E-state index is 5.19. The number of nitrogens with one attached hydrogen (secondary N) is 3. The fourth-order valence-corrected chi connectivity index (χ4v) is 2.43. The highest BCUT2D eigenvalue weighted by Gasteiger charge is 2.32. The van der Waals surface area contributed by atoms with E-state index in [-0.39, 0.29) is 0 Å². The fourth-order valence-electron chi connectivity index (χ4n) is 2.43. The minimum Gasteiger partial charge on any atom is -0.497 e. The second-order valence-electron chi connectivity index (χ2n) is 4.81. The van der Waals surface area contributed by atoms with E-state index >= 15 is 0 Å². The summed E-state index contributed by atoms with van der Waals surface area (Å²) >= 11 is 0. The molecule has 1 heterocycles. The Balaban J connectivity index is 2.00. The molecule has 4 nitrogen and oxygen atoms in total. The van der Waals surface area contributed by atoms with Gasteiger partial charge in [0, 0.05) is 12.6 Å². The first-order valence-corrected chi connectivity index (χ1v) is 6.62. The van der Waals surface area contributed by atoms with Gasteiger partial charge in [-0.05, 0) is 30.2 Å². The maximum Gasteiger partial charge on any atom is 0.118 e. The molecule has 2 rings (SSSR count). The first kappa shape index (κ1) is 13.3. The van der Waals surface area contributed by atoms with Gasteiger partial charge in [-0.3, -0.25) is 5.43 Å². The van der Waals surface area contributed by atoms with Gasteiger partial charge in [0.05, 0.1) is 13.2 Å². The van der Waals surface area contributed by atoms with Crippen molar-refractivity contribution in [2.45, 2.75) is 25.9 Å². The average Bonchev–Trinajstić information content (AvgIpc) is 2.78. The second-order valence-corrected chi connectivity index (χ2v) is 4.81. The minimum absolute atomic E-state index is 0.361. The quantitative estimate of drug-likeness (QED) is 0.739. The van der Waals surface area contributed by atoms with Gasteiger partial charge < -0.3 is 10.1 Å². The Labute approximate surface area is 109 Å². The Morgan fingerprint density at radius 3 is 2.56 bits per heavy atom. The van der Waals surface area contributed by atoms with Crippen molar-refractivity contribution in [2.75, 3.05) is 20.2 Å². The van der Waals surface area contributed by atoms with Crippen molar-refractivity contribution >= 4 is 0 Å². The summed E-state index contributed by atoms with van der Waals surface area (Å²) < 4.78 is 5.19. The van der Waals surface area contributed by atoms with Gasteiger partial charge in [0.25, 0.3) is 0 Å². The van der Waals surface area contributed by atoms with Crippen molar-refractivity contribution in [1.29, 1.82) is 0 Å². The van der Waals surface area contributed by atoms with E-state index in [4.69, 9.17) is 4.74 Å². The Kier molecular flexibility index (Phi) is 4.58. The molecule has 0 aromatic heterocycles. The molecule has 3 atom stereocenters. The van der Waals surface area contributed by atoms with Crippen molar-refractivity contribution in [3.8, 4) is 5.75 Å². The van der Waals surface area contributed by atoms with E-state index in [9.17, 15) is 0 Å². The van der Waals surface area contributed by atoms with Gasteiger partial charge in [0.15, 0.2) is 0 Å². The molecule has 0 aliphatic carbocycles. The molecular weight excluding hydrogens is 226 g/mol. The van der Waals surface area contributed by atoms with Crippen LogP contribution in [0.4, 0.5) is 0 Å². The van der Waals surface area contributed by atoms with Crippen LogP contribution < -0.4 is 20.9 Å². The van der Waals surface area contributed by atoms with Crippen LogP contribution in [0.5, 0.6) is 5.75 Å². The van der Waals surface area contributed by atoms with E-state index in [2.05, 4.69) is 42.1 Å². The number of ether oxygens (including phenoxy) is 1. The molecule has 0 spiro atoms. The van der Waals surface area contributed by atoms with Crippen molar-refractivity contribution in [2.24, 2.45) is 5.92 Å². The van der Waals surface area contributed by atoms with Gasteiger partial charge in [-0.1, -0.05) is 26.0 Å². The van der Waals surface area contributed by atoms with Gasteiger partial charge in [-0.15, -0.1) is 0 Å². The standard InChI is InChI=1S/C14H23N3O/c1-4-15-9-13-10(2)14(17-16-13)11-5-7-12(18-3)8-6-11/h5-8,10,13-17H,4,9H2,1-3H3. The summed E-state index contributed by atoms with van der Waals surface area (Å²) in [5, 5.41) is 3.39. The largest absolute Gasteiger partial charge is 0.497 e. The summed E-state index contributed by atoms with van der Waals surface area (Å²) in [5.41, 5.74) is 8.06. The summed E-state index contributed by atoms with van der Waals surface area (Å²) in [7, 11) is 1.69. The second kappa shape index (κ2) is 6.18. The SMILES string of the molecule is CCNCC1NNC(c2ccc(OC)cc2)C1C. The van der Waals surface area contributed by atoms with E-state index in [1.165, 1.54) is 5.56 Å². The lowest BCUT2D eigenvalue weighted by molar-refractivity contribution is 0.413. The van der Waals surface area contributed by atoms with E-state index in [0.717, 1.165) is 18.8 Å². The molecule has 0 saturated carbocycles. The third-order valence-corrected chi connectivity index (χ3v) is 3.67. The van der Waals surface area contributed by atoms with Crippen LogP contribution in [0.1, 0.15) is 25.5 Å². The number of likely N-dealkylation sites (N-methyl/N-ethyl adjacent to an activating group) is 1. The topological polar surface area (TPSA) is 45.3 Å². The van der Waals surface area contributed by atoms with Gasteiger partial charge in [-0.25, -0.2) is 5.43 Å². The van der Waals surface area contributed by atoms with Gasteiger partial charge >= 0.3 is 0 Å². The lowest BCUT2D eigenvalue weighted by atomic mass is 9.91. The van der Waals surface area contributed by atoms with Crippen LogP contribution >= 0.6 is 0 Å². The summed E-state index contributed by atoms with van der Waals surface area (Å²) in [6.07, 6.45) is 0. The van der Waals surface area contributed by atoms with Gasteiger partial charge in [0.2, 0.25) is 0 Å². The van der Waals surface area contributed by atoms with E-state index < -0.39 is 0 Å². The molecule has 1 aromatic rings. The lowest BCUT2D eigenvalue weighted by Crippen LogP contribution is -2.39. The fraction of sp³-hybridized carbons (Fsp3) is 0.571. The first-order valence-electron chi connectivity index (χ1n) is 6.62.